The molecule has 2 N–H and O–H groups in total. The first-order chi connectivity index (χ1) is 16.2. The molecule has 0 aliphatic rings. The van der Waals surface area contributed by atoms with Gasteiger partial charge in [-0.1, -0.05) is 50.1 Å². The van der Waals surface area contributed by atoms with Crippen LogP contribution in [0.15, 0.2) is 56.3 Å². The summed E-state index contributed by atoms with van der Waals surface area (Å²) in [5, 5.41) is 13.6. The molecule has 7 heteroatoms. The number of fused-ring (bicyclic) bond motifs is 2. The molecule has 2 aromatic carbocycles. The van der Waals surface area contributed by atoms with Crippen molar-refractivity contribution in [3.8, 4) is 11.1 Å². The van der Waals surface area contributed by atoms with E-state index in [0.29, 0.717) is 28.5 Å². The lowest BCUT2D eigenvalue weighted by molar-refractivity contribution is -0.143. The Hall–Kier alpha value is -3.87. The van der Waals surface area contributed by atoms with E-state index in [4.69, 9.17) is 8.83 Å². The molecule has 0 aliphatic carbocycles. The number of nitrogens with one attached hydrogen (secondary N) is 1. The number of hydrogen-bond donors (Lipinski definition) is 2. The molecule has 0 bridgehead atoms. The maximum absolute atomic E-state index is 12.7. The van der Waals surface area contributed by atoms with E-state index in [1.54, 1.807) is 26.2 Å². The second-order valence-corrected chi connectivity index (χ2v) is 8.80. The van der Waals surface area contributed by atoms with Crippen molar-refractivity contribution in [1.29, 1.82) is 0 Å². The van der Waals surface area contributed by atoms with Crippen molar-refractivity contribution in [2.24, 2.45) is 5.92 Å². The molecule has 0 radical (unpaired) electrons. The van der Waals surface area contributed by atoms with E-state index in [1.807, 2.05) is 44.2 Å². The summed E-state index contributed by atoms with van der Waals surface area (Å²) in [5.74, 6) is -1.88. The molecule has 2 heterocycles. The zero-order chi connectivity index (χ0) is 24.6. The Balaban J connectivity index is 1.74. The van der Waals surface area contributed by atoms with Gasteiger partial charge >= 0.3 is 11.6 Å². The van der Waals surface area contributed by atoms with Crippen molar-refractivity contribution in [3.05, 3.63) is 69.8 Å². The number of carboxylic acid groups (broad SMARTS) is 1. The fourth-order valence-corrected chi connectivity index (χ4v) is 4.14. The molecule has 1 amide bonds. The average Bonchev–Trinajstić information content (AvgIpc) is 3.21. The van der Waals surface area contributed by atoms with Gasteiger partial charge in [-0.3, -0.25) is 4.79 Å². The smallest absolute Gasteiger partial charge is 0.340 e. The van der Waals surface area contributed by atoms with E-state index in [1.165, 1.54) is 0 Å². The SMILES string of the molecule is CC[C@@H](C)[C@H](NC(=O)Cc1c(C)c2cc3c(-c4ccc(C)cc4)coc3cc2oc1=O)C(=O)O. The molecule has 34 heavy (non-hydrogen) atoms. The van der Waals surface area contributed by atoms with Gasteiger partial charge in [-0.15, -0.1) is 0 Å². The molecule has 2 atom stereocenters. The number of carbonyl (C=O) groups is 2. The average molecular weight is 462 g/mol. The number of aliphatic carboxylic acids is 1. The van der Waals surface area contributed by atoms with E-state index in [9.17, 15) is 19.5 Å². The zero-order valence-electron chi connectivity index (χ0n) is 19.6. The van der Waals surface area contributed by atoms with Gasteiger partial charge in [-0.05, 0) is 37.0 Å². The Labute approximate surface area is 196 Å². The summed E-state index contributed by atoms with van der Waals surface area (Å²) in [4.78, 5) is 36.9. The van der Waals surface area contributed by atoms with Gasteiger partial charge in [-0.2, -0.15) is 0 Å². The van der Waals surface area contributed by atoms with Crippen molar-refractivity contribution >= 4 is 33.8 Å². The summed E-state index contributed by atoms with van der Waals surface area (Å²) < 4.78 is 11.3. The number of benzene rings is 2. The maximum Gasteiger partial charge on any atom is 0.340 e. The first-order valence-corrected chi connectivity index (χ1v) is 11.3. The van der Waals surface area contributed by atoms with Crippen LogP contribution in [0.5, 0.6) is 0 Å². The first kappa shape index (κ1) is 23.3. The van der Waals surface area contributed by atoms with Crippen LogP contribution in [0, 0.1) is 19.8 Å². The Morgan fingerprint density at radius 3 is 2.41 bits per heavy atom. The normalized spacial score (nSPS) is 13.2. The van der Waals surface area contributed by atoms with E-state index < -0.39 is 23.5 Å². The summed E-state index contributed by atoms with van der Waals surface area (Å²) in [6, 6.07) is 10.7. The number of hydrogen-bond acceptors (Lipinski definition) is 5. The molecule has 0 aliphatic heterocycles. The van der Waals surface area contributed by atoms with Gasteiger partial charge in [0, 0.05) is 22.4 Å². The molecule has 0 spiro atoms. The molecule has 0 saturated heterocycles. The number of carboxylic acids is 1. The van der Waals surface area contributed by atoms with Crippen LogP contribution in [-0.4, -0.2) is 23.0 Å². The van der Waals surface area contributed by atoms with Crippen LogP contribution >= 0.6 is 0 Å². The van der Waals surface area contributed by atoms with E-state index in [0.717, 1.165) is 22.1 Å². The number of amides is 1. The lowest BCUT2D eigenvalue weighted by Crippen LogP contribution is -2.45. The van der Waals surface area contributed by atoms with Crippen molar-refractivity contribution in [2.75, 3.05) is 0 Å². The number of rotatable bonds is 7. The van der Waals surface area contributed by atoms with Gasteiger partial charge in [0.15, 0.2) is 0 Å². The molecule has 0 fully saturated rings. The lowest BCUT2D eigenvalue weighted by Gasteiger charge is -2.20. The highest BCUT2D eigenvalue weighted by molar-refractivity contribution is 6.02. The summed E-state index contributed by atoms with van der Waals surface area (Å²) in [6.07, 6.45) is 2.01. The van der Waals surface area contributed by atoms with Gasteiger partial charge in [-0.25, -0.2) is 9.59 Å². The highest BCUT2D eigenvalue weighted by atomic mass is 16.4. The molecule has 176 valence electrons. The van der Waals surface area contributed by atoms with E-state index >= 15 is 0 Å². The molecule has 4 aromatic rings. The minimum atomic E-state index is -1.10. The third-order valence-corrected chi connectivity index (χ3v) is 6.48. The van der Waals surface area contributed by atoms with Crippen LogP contribution in [0.4, 0.5) is 0 Å². The predicted molar refractivity (Wildman–Crippen MR) is 130 cm³/mol. The Kier molecular flexibility index (Phi) is 6.28. The van der Waals surface area contributed by atoms with Crippen molar-refractivity contribution < 1.29 is 23.5 Å². The van der Waals surface area contributed by atoms with Crippen molar-refractivity contribution in [1.82, 2.24) is 5.32 Å². The standard InChI is InChI=1S/C27H27NO6/c1-5-15(3)25(26(30)31)28-24(29)11-19-16(4)18-10-20-21(17-8-6-14(2)7-9-17)13-33-22(20)12-23(18)34-27(19)32/h6-10,12-13,15,25H,5,11H2,1-4H3,(H,28,29)(H,30,31)/t15-,25+/m1/s1. The molecule has 0 unspecified atom stereocenters. The van der Waals surface area contributed by atoms with Crippen LogP contribution in [0.25, 0.3) is 33.1 Å². The second kappa shape index (κ2) is 9.17. The number of furan rings is 1. The third kappa shape index (κ3) is 4.33. The minimum Gasteiger partial charge on any atom is -0.480 e. The van der Waals surface area contributed by atoms with Crippen molar-refractivity contribution in [3.63, 3.8) is 0 Å². The maximum atomic E-state index is 12.7. The largest absolute Gasteiger partial charge is 0.480 e. The van der Waals surface area contributed by atoms with Crippen LogP contribution in [0.3, 0.4) is 0 Å². The van der Waals surface area contributed by atoms with Crippen LogP contribution in [0.2, 0.25) is 0 Å². The predicted octanol–water partition coefficient (Wildman–Crippen LogP) is 4.98. The third-order valence-electron chi connectivity index (χ3n) is 6.48. The molecular weight excluding hydrogens is 434 g/mol. The monoisotopic (exact) mass is 461 g/mol. The van der Waals surface area contributed by atoms with Gasteiger partial charge in [0.1, 0.15) is 17.2 Å². The van der Waals surface area contributed by atoms with Crippen LogP contribution < -0.4 is 10.9 Å². The van der Waals surface area contributed by atoms with E-state index in [-0.39, 0.29) is 17.9 Å². The fraction of sp³-hybridized carbons (Fsp3) is 0.296. The van der Waals surface area contributed by atoms with Gasteiger partial charge < -0.3 is 19.3 Å². The summed E-state index contributed by atoms with van der Waals surface area (Å²) in [7, 11) is 0. The van der Waals surface area contributed by atoms with Gasteiger partial charge in [0.05, 0.1) is 18.2 Å². The van der Waals surface area contributed by atoms with Gasteiger partial charge in [0.2, 0.25) is 5.91 Å². The first-order valence-electron chi connectivity index (χ1n) is 11.3. The number of aryl methyl sites for hydroxylation is 2. The van der Waals surface area contributed by atoms with E-state index in [2.05, 4.69) is 5.32 Å². The summed E-state index contributed by atoms with van der Waals surface area (Å²) >= 11 is 0. The fourth-order valence-electron chi connectivity index (χ4n) is 4.14. The second-order valence-electron chi connectivity index (χ2n) is 8.80. The van der Waals surface area contributed by atoms with Crippen molar-refractivity contribution in [2.45, 2.75) is 46.6 Å². The summed E-state index contributed by atoms with van der Waals surface area (Å²) in [5.41, 5.74) is 4.23. The molecule has 2 aromatic heterocycles. The molecule has 7 nitrogen and oxygen atoms in total. The zero-order valence-corrected chi connectivity index (χ0v) is 19.6. The Morgan fingerprint density at radius 1 is 1.06 bits per heavy atom. The summed E-state index contributed by atoms with van der Waals surface area (Å²) in [6.45, 7) is 7.41. The van der Waals surface area contributed by atoms with Crippen LogP contribution in [-0.2, 0) is 16.0 Å². The van der Waals surface area contributed by atoms with Crippen LogP contribution in [0.1, 0.15) is 37.0 Å². The van der Waals surface area contributed by atoms with Gasteiger partial charge in [0.25, 0.3) is 0 Å². The molecule has 0 saturated carbocycles. The lowest BCUT2D eigenvalue weighted by atomic mass is 9.97. The highest BCUT2D eigenvalue weighted by Crippen LogP contribution is 2.34. The molecular formula is C27H27NO6. The topological polar surface area (TPSA) is 110 Å². The Morgan fingerprint density at radius 2 is 1.76 bits per heavy atom. The quantitative estimate of drug-likeness (QED) is 0.376. The Bertz CT molecular complexity index is 1440. The molecule has 4 rings (SSSR count). The highest BCUT2D eigenvalue weighted by Gasteiger charge is 2.26. The minimum absolute atomic E-state index is 0.207. The number of carbonyl (C=O) groups excluding carboxylic acids is 1.